The maximum Gasteiger partial charge on any atom is 0.338 e. The van der Waals surface area contributed by atoms with Crippen molar-refractivity contribution in [1.29, 1.82) is 0 Å². The third-order valence-electron chi connectivity index (χ3n) is 4.49. The van der Waals surface area contributed by atoms with Crippen LogP contribution in [-0.2, 0) is 0 Å². The highest BCUT2D eigenvalue weighted by atomic mass is 19.1. The molecule has 110 valence electrons. The molecule has 0 aliphatic carbocycles. The van der Waals surface area contributed by atoms with Gasteiger partial charge in [-0.1, -0.05) is 6.07 Å². The summed E-state index contributed by atoms with van der Waals surface area (Å²) in [5.41, 5.74) is 7.26. The summed E-state index contributed by atoms with van der Waals surface area (Å²) in [7, 11) is 0. The number of carbonyl (C=O) groups is 1. The van der Waals surface area contributed by atoms with Gasteiger partial charge in [0.25, 0.3) is 0 Å². The van der Waals surface area contributed by atoms with Crippen molar-refractivity contribution < 1.29 is 14.3 Å². The largest absolute Gasteiger partial charge is 0.478 e. The Bertz CT molecular complexity index is 716. The average molecular weight is 286 g/mol. The summed E-state index contributed by atoms with van der Waals surface area (Å²) in [6.07, 6.45) is 0. The van der Waals surface area contributed by atoms with Crippen molar-refractivity contribution in [3.63, 3.8) is 0 Å². The van der Waals surface area contributed by atoms with Crippen LogP contribution in [0.25, 0.3) is 11.1 Å². The maximum atomic E-state index is 13.9. The quantitative estimate of drug-likeness (QED) is 0.866. The van der Waals surface area contributed by atoms with Crippen LogP contribution >= 0.6 is 0 Å². The highest BCUT2D eigenvalue weighted by Gasteiger charge is 2.16. The van der Waals surface area contributed by atoms with Crippen molar-refractivity contribution >= 4 is 5.97 Å². The number of benzene rings is 2. The molecule has 21 heavy (non-hydrogen) atoms. The summed E-state index contributed by atoms with van der Waals surface area (Å²) < 4.78 is 13.9. The van der Waals surface area contributed by atoms with E-state index in [-0.39, 0.29) is 5.56 Å². The fourth-order valence-corrected chi connectivity index (χ4v) is 2.78. The molecule has 0 spiro atoms. The monoisotopic (exact) mass is 286 g/mol. The highest BCUT2D eigenvalue weighted by molar-refractivity contribution is 5.89. The van der Waals surface area contributed by atoms with Gasteiger partial charge in [-0.3, -0.25) is 0 Å². The molecule has 0 atom stereocenters. The van der Waals surface area contributed by atoms with Gasteiger partial charge in [0.15, 0.2) is 0 Å². The first kappa shape index (κ1) is 15.2. The van der Waals surface area contributed by atoms with E-state index in [0.717, 1.165) is 22.3 Å². The third-order valence-corrected chi connectivity index (χ3v) is 4.49. The van der Waals surface area contributed by atoms with E-state index in [2.05, 4.69) is 20.8 Å². The van der Waals surface area contributed by atoms with Crippen LogP contribution in [0, 0.1) is 40.4 Å². The molecule has 0 aliphatic heterocycles. The molecular weight excluding hydrogens is 267 g/mol. The Hall–Kier alpha value is -2.16. The summed E-state index contributed by atoms with van der Waals surface area (Å²) in [5.74, 6) is -1.95. The van der Waals surface area contributed by atoms with Gasteiger partial charge in [0.1, 0.15) is 5.82 Å². The molecular formula is C18H19FO2. The van der Waals surface area contributed by atoms with Crippen molar-refractivity contribution in [2.45, 2.75) is 34.6 Å². The normalized spacial score (nSPS) is 10.8. The molecule has 2 aromatic carbocycles. The summed E-state index contributed by atoms with van der Waals surface area (Å²) >= 11 is 0. The first-order chi connectivity index (χ1) is 9.75. The van der Waals surface area contributed by atoms with Crippen molar-refractivity contribution in [1.82, 2.24) is 0 Å². The first-order valence-corrected chi connectivity index (χ1v) is 6.85. The number of hydrogen-bond acceptors (Lipinski definition) is 1. The van der Waals surface area contributed by atoms with Crippen LogP contribution in [0.1, 0.15) is 38.2 Å². The molecule has 0 saturated heterocycles. The molecule has 0 unspecified atom stereocenters. The number of carboxylic acids is 1. The summed E-state index contributed by atoms with van der Waals surface area (Å²) in [4.78, 5) is 10.9. The van der Waals surface area contributed by atoms with E-state index >= 15 is 0 Å². The topological polar surface area (TPSA) is 37.3 Å². The van der Waals surface area contributed by atoms with Crippen LogP contribution in [0.3, 0.4) is 0 Å². The molecule has 3 heteroatoms. The van der Waals surface area contributed by atoms with Crippen LogP contribution in [-0.4, -0.2) is 11.1 Å². The molecule has 0 amide bonds. The molecule has 0 saturated carbocycles. The Morgan fingerprint density at radius 2 is 1.38 bits per heavy atom. The van der Waals surface area contributed by atoms with Crippen LogP contribution in [0.15, 0.2) is 18.2 Å². The van der Waals surface area contributed by atoms with Crippen LogP contribution in [0.2, 0.25) is 0 Å². The molecule has 0 aliphatic rings. The number of halogens is 1. The van der Waals surface area contributed by atoms with Gasteiger partial charge in [0.05, 0.1) is 5.56 Å². The van der Waals surface area contributed by atoms with Gasteiger partial charge in [-0.25, -0.2) is 9.18 Å². The lowest BCUT2D eigenvalue weighted by Gasteiger charge is -2.19. The average Bonchev–Trinajstić information content (AvgIpc) is 2.43. The first-order valence-electron chi connectivity index (χ1n) is 6.85. The van der Waals surface area contributed by atoms with E-state index in [4.69, 9.17) is 5.11 Å². The Morgan fingerprint density at radius 3 is 1.81 bits per heavy atom. The van der Waals surface area contributed by atoms with Gasteiger partial charge >= 0.3 is 5.97 Å². The van der Waals surface area contributed by atoms with Gasteiger partial charge in [0, 0.05) is 0 Å². The number of carboxylic acid groups (broad SMARTS) is 1. The molecule has 2 nitrogen and oxygen atoms in total. The van der Waals surface area contributed by atoms with Crippen LogP contribution in [0.5, 0.6) is 0 Å². The smallest absolute Gasteiger partial charge is 0.338 e. The SMILES string of the molecule is Cc1c(C)c(C)c(-c2ccc(C(=O)O)c(F)c2)c(C)c1C. The van der Waals surface area contributed by atoms with Crippen molar-refractivity contribution in [3.8, 4) is 11.1 Å². The van der Waals surface area contributed by atoms with Crippen LogP contribution < -0.4 is 0 Å². The zero-order valence-electron chi connectivity index (χ0n) is 13.0. The molecule has 2 aromatic rings. The minimum Gasteiger partial charge on any atom is -0.478 e. The molecule has 0 radical (unpaired) electrons. The lowest BCUT2D eigenvalue weighted by Crippen LogP contribution is -2.02. The molecule has 0 fully saturated rings. The van der Waals surface area contributed by atoms with Crippen LogP contribution in [0.4, 0.5) is 4.39 Å². The maximum absolute atomic E-state index is 13.9. The molecule has 0 heterocycles. The van der Waals surface area contributed by atoms with E-state index in [9.17, 15) is 9.18 Å². The zero-order valence-corrected chi connectivity index (χ0v) is 13.0. The second kappa shape index (κ2) is 5.32. The fraction of sp³-hybridized carbons (Fsp3) is 0.278. The number of aromatic carboxylic acids is 1. The van der Waals surface area contributed by atoms with Gasteiger partial charge in [-0.15, -0.1) is 0 Å². The molecule has 2 rings (SSSR count). The lowest BCUT2D eigenvalue weighted by atomic mass is 9.86. The number of rotatable bonds is 2. The standard InChI is InChI=1S/C18H19FO2/c1-9-10(2)12(4)17(13(5)11(9)3)14-6-7-15(18(20)21)16(19)8-14/h6-8H,1-5H3,(H,20,21). The van der Waals surface area contributed by atoms with E-state index in [1.54, 1.807) is 6.07 Å². The molecule has 0 bridgehead atoms. The van der Waals surface area contributed by atoms with Gasteiger partial charge < -0.3 is 5.11 Å². The van der Waals surface area contributed by atoms with Gasteiger partial charge in [-0.2, -0.15) is 0 Å². The third kappa shape index (κ3) is 2.44. The zero-order chi connectivity index (χ0) is 15.9. The number of hydrogen-bond donors (Lipinski definition) is 1. The molecule has 1 N–H and O–H groups in total. The van der Waals surface area contributed by atoms with Crippen molar-refractivity contribution in [3.05, 3.63) is 57.4 Å². The van der Waals surface area contributed by atoms with Gasteiger partial charge in [-0.05, 0) is 85.7 Å². The predicted molar refractivity (Wildman–Crippen MR) is 82.5 cm³/mol. The molecule has 0 aromatic heterocycles. The van der Waals surface area contributed by atoms with Crippen molar-refractivity contribution in [2.24, 2.45) is 0 Å². The second-order valence-corrected chi connectivity index (χ2v) is 5.50. The second-order valence-electron chi connectivity index (χ2n) is 5.50. The van der Waals surface area contributed by atoms with E-state index < -0.39 is 11.8 Å². The van der Waals surface area contributed by atoms with E-state index in [1.807, 2.05) is 13.8 Å². The lowest BCUT2D eigenvalue weighted by molar-refractivity contribution is 0.0692. The van der Waals surface area contributed by atoms with Gasteiger partial charge in [0.2, 0.25) is 0 Å². The minimum atomic E-state index is -1.25. The Labute approximate surface area is 124 Å². The van der Waals surface area contributed by atoms with E-state index in [1.165, 1.54) is 28.8 Å². The Morgan fingerprint density at radius 1 is 0.905 bits per heavy atom. The summed E-state index contributed by atoms with van der Waals surface area (Å²) in [6, 6.07) is 4.32. The van der Waals surface area contributed by atoms with E-state index in [0.29, 0.717) is 0 Å². The van der Waals surface area contributed by atoms with Crippen molar-refractivity contribution in [2.75, 3.05) is 0 Å². The Balaban J connectivity index is 2.74. The predicted octanol–water partition coefficient (Wildman–Crippen LogP) is 4.73. The Kier molecular flexibility index (Phi) is 3.86. The summed E-state index contributed by atoms with van der Waals surface area (Å²) in [6.45, 7) is 10.2. The fourth-order valence-electron chi connectivity index (χ4n) is 2.78. The minimum absolute atomic E-state index is 0.297. The summed E-state index contributed by atoms with van der Waals surface area (Å²) in [5, 5.41) is 8.92. The highest BCUT2D eigenvalue weighted by Crippen LogP contribution is 2.34.